The largest absolute Gasteiger partial charge is 0.493 e. The number of carbonyl (C=O) groups excluding carboxylic acids is 2. The highest BCUT2D eigenvalue weighted by Gasteiger charge is 2.17. The topological polar surface area (TPSA) is 71.1 Å². The summed E-state index contributed by atoms with van der Waals surface area (Å²) in [5.74, 6) is -0.223. The minimum absolute atomic E-state index is 0.00955. The van der Waals surface area contributed by atoms with Gasteiger partial charge >= 0.3 is 11.9 Å². The van der Waals surface area contributed by atoms with Gasteiger partial charge in [-0.1, -0.05) is 25.3 Å². The Morgan fingerprint density at radius 3 is 2.32 bits per heavy atom. The molecule has 0 aliphatic rings. The van der Waals surface area contributed by atoms with Crippen molar-refractivity contribution in [1.82, 2.24) is 0 Å². The first-order valence-corrected chi connectivity index (χ1v) is 6.48. The number of benzene rings is 1. The number of hydrogen-bond acceptors (Lipinski definition) is 6. The van der Waals surface area contributed by atoms with E-state index in [-0.39, 0.29) is 13.2 Å². The van der Waals surface area contributed by atoms with Crippen LogP contribution in [0, 0.1) is 0 Å². The van der Waals surface area contributed by atoms with E-state index in [9.17, 15) is 9.59 Å². The predicted octanol–water partition coefficient (Wildman–Crippen LogP) is 1.90. The molecule has 0 radical (unpaired) electrons. The summed E-state index contributed by atoms with van der Waals surface area (Å²) in [6, 6.07) is 7.02. The molecule has 0 N–H and O–H groups in total. The summed E-state index contributed by atoms with van der Waals surface area (Å²) < 4.78 is 20.6. The van der Waals surface area contributed by atoms with Crippen LogP contribution in [-0.4, -0.2) is 38.4 Å². The zero-order valence-corrected chi connectivity index (χ0v) is 12.3. The number of esters is 2. The van der Waals surface area contributed by atoms with Gasteiger partial charge in [0.1, 0.15) is 13.2 Å². The van der Waals surface area contributed by atoms with Crippen molar-refractivity contribution < 1.29 is 28.5 Å². The van der Waals surface area contributed by atoms with Crippen molar-refractivity contribution in [3.8, 4) is 11.5 Å². The van der Waals surface area contributed by atoms with Gasteiger partial charge in [0.25, 0.3) is 0 Å². The average molecular weight is 306 g/mol. The minimum atomic E-state index is -0.778. The van der Waals surface area contributed by atoms with Crippen molar-refractivity contribution in [2.75, 3.05) is 20.3 Å². The van der Waals surface area contributed by atoms with E-state index >= 15 is 0 Å². The molecule has 1 rings (SSSR count). The molecule has 1 atom stereocenters. The van der Waals surface area contributed by atoms with Crippen LogP contribution in [0.15, 0.2) is 49.6 Å². The molecule has 118 valence electrons. The highest BCUT2D eigenvalue weighted by atomic mass is 16.6. The van der Waals surface area contributed by atoms with Gasteiger partial charge < -0.3 is 18.9 Å². The second-order valence-electron chi connectivity index (χ2n) is 4.06. The Bertz CT molecular complexity index is 537. The van der Waals surface area contributed by atoms with Gasteiger partial charge in [0.05, 0.1) is 7.11 Å². The Morgan fingerprint density at radius 1 is 1.09 bits per heavy atom. The summed E-state index contributed by atoms with van der Waals surface area (Å²) in [6.07, 6.45) is 1.26. The third kappa shape index (κ3) is 5.70. The Morgan fingerprint density at radius 2 is 1.73 bits per heavy atom. The van der Waals surface area contributed by atoms with Crippen molar-refractivity contribution in [3.63, 3.8) is 0 Å². The van der Waals surface area contributed by atoms with Crippen LogP contribution in [0.1, 0.15) is 0 Å². The molecule has 0 spiro atoms. The van der Waals surface area contributed by atoms with Crippen LogP contribution in [0.3, 0.4) is 0 Å². The van der Waals surface area contributed by atoms with E-state index in [1.54, 1.807) is 24.3 Å². The van der Waals surface area contributed by atoms with Gasteiger partial charge in [0, 0.05) is 12.2 Å². The normalized spacial score (nSPS) is 11.0. The smallest absolute Gasteiger partial charge is 0.330 e. The lowest BCUT2D eigenvalue weighted by Crippen LogP contribution is -2.30. The Kier molecular flexibility index (Phi) is 7.25. The summed E-state index contributed by atoms with van der Waals surface area (Å²) in [5.41, 5.74) is 0. The minimum Gasteiger partial charge on any atom is -0.493 e. The van der Waals surface area contributed by atoms with Gasteiger partial charge in [-0.15, -0.1) is 0 Å². The van der Waals surface area contributed by atoms with E-state index in [4.69, 9.17) is 18.9 Å². The highest BCUT2D eigenvalue weighted by Crippen LogP contribution is 2.25. The van der Waals surface area contributed by atoms with Crippen LogP contribution in [0.25, 0.3) is 0 Å². The zero-order valence-electron chi connectivity index (χ0n) is 12.3. The molecule has 0 aliphatic heterocycles. The molecule has 0 aromatic heterocycles. The summed E-state index contributed by atoms with van der Waals surface area (Å²) in [5, 5.41) is 0. The van der Waals surface area contributed by atoms with E-state index in [0.717, 1.165) is 12.2 Å². The van der Waals surface area contributed by atoms with Gasteiger partial charge in [-0.25, -0.2) is 9.59 Å². The van der Waals surface area contributed by atoms with E-state index < -0.39 is 18.0 Å². The van der Waals surface area contributed by atoms with Crippen LogP contribution in [0.4, 0.5) is 0 Å². The van der Waals surface area contributed by atoms with Crippen LogP contribution in [0.5, 0.6) is 11.5 Å². The molecule has 22 heavy (non-hydrogen) atoms. The fourth-order valence-electron chi connectivity index (χ4n) is 1.48. The molecule has 0 saturated carbocycles. The first-order valence-electron chi connectivity index (χ1n) is 6.48. The third-order valence-corrected chi connectivity index (χ3v) is 2.52. The van der Waals surface area contributed by atoms with Crippen molar-refractivity contribution in [2.24, 2.45) is 0 Å². The van der Waals surface area contributed by atoms with E-state index in [0.29, 0.717) is 11.5 Å². The molecule has 0 fully saturated rings. The lowest BCUT2D eigenvalue weighted by Gasteiger charge is -2.18. The molecule has 1 aromatic carbocycles. The van der Waals surface area contributed by atoms with Gasteiger partial charge in [-0.3, -0.25) is 0 Å². The molecule has 0 bridgehead atoms. The zero-order chi connectivity index (χ0) is 16.4. The second-order valence-corrected chi connectivity index (χ2v) is 4.06. The fourth-order valence-corrected chi connectivity index (χ4v) is 1.48. The van der Waals surface area contributed by atoms with Crippen LogP contribution < -0.4 is 9.47 Å². The summed E-state index contributed by atoms with van der Waals surface area (Å²) in [4.78, 5) is 22.4. The van der Waals surface area contributed by atoms with E-state index in [2.05, 4.69) is 13.2 Å². The van der Waals surface area contributed by atoms with Crippen LogP contribution >= 0.6 is 0 Å². The molecular weight excluding hydrogens is 288 g/mol. The van der Waals surface area contributed by atoms with Crippen molar-refractivity contribution in [3.05, 3.63) is 49.6 Å². The number of hydrogen-bond donors (Lipinski definition) is 0. The second kappa shape index (κ2) is 9.23. The monoisotopic (exact) mass is 306 g/mol. The highest BCUT2D eigenvalue weighted by molar-refractivity contribution is 5.82. The maximum Gasteiger partial charge on any atom is 0.330 e. The lowest BCUT2D eigenvalue weighted by molar-refractivity contribution is -0.154. The molecule has 0 aliphatic carbocycles. The lowest BCUT2D eigenvalue weighted by atomic mass is 10.3. The van der Waals surface area contributed by atoms with Crippen LogP contribution in [-0.2, 0) is 19.1 Å². The number of ether oxygens (including phenoxy) is 4. The van der Waals surface area contributed by atoms with Crippen LogP contribution in [0.2, 0.25) is 0 Å². The first kappa shape index (κ1) is 17.3. The van der Waals surface area contributed by atoms with Gasteiger partial charge in [0.2, 0.25) is 0 Å². The molecule has 1 aromatic rings. The van der Waals surface area contributed by atoms with Crippen molar-refractivity contribution in [2.45, 2.75) is 6.10 Å². The SMILES string of the molecule is C=CC(=O)OCC(COc1ccccc1OC)OC(=O)C=C. The number of methoxy groups -OCH3 is 1. The van der Waals surface area contributed by atoms with Gasteiger partial charge in [0.15, 0.2) is 17.6 Å². The molecular formula is C16H18O6. The maximum absolute atomic E-state index is 11.3. The summed E-state index contributed by atoms with van der Waals surface area (Å²) in [6.45, 7) is 6.43. The Labute approximate surface area is 128 Å². The van der Waals surface area contributed by atoms with Gasteiger partial charge in [-0.05, 0) is 12.1 Å². The molecule has 6 heteroatoms. The average Bonchev–Trinajstić information content (AvgIpc) is 2.56. The number of carbonyl (C=O) groups is 2. The molecule has 0 amide bonds. The number of para-hydroxylation sites is 2. The quantitative estimate of drug-likeness (QED) is 0.512. The standard InChI is InChI=1S/C16H18O6/c1-4-15(17)21-11-12(22-16(18)5-2)10-20-14-9-7-6-8-13(14)19-3/h4-9,12H,1-2,10-11H2,3H3. The molecule has 0 heterocycles. The molecule has 6 nitrogen and oxygen atoms in total. The Hall–Kier alpha value is -2.76. The van der Waals surface area contributed by atoms with E-state index in [1.807, 2.05) is 0 Å². The van der Waals surface area contributed by atoms with Gasteiger partial charge in [-0.2, -0.15) is 0 Å². The van der Waals surface area contributed by atoms with E-state index in [1.165, 1.54) is 7.11 Å². The maximum atomic E-state index is 11.3. The fraction of sp³-hybridized carbons (Fsp3) is 0.250. The summed E-state index contributed by atoms with van der Waals surface area (Å²) in [7, 11) is 1.52. The predicted molar refractivity (Wildman–Crippen MR) is 79.7 cm³/mol. The first-order chi connectivity index (χ1) is 10.6. The number of rotatable bonds is 9. The van der Waals surface area contributed by atoms with Crippen molar-refractivity contribution >= 4 is 11.9 Å². The summed E-state index contributed by atoms with van der Waals surface area (Å²) >= 11 is 0. The van der Waals surface area contributed by atoms with Crippen molar-refractivity contribution in [1.29, 1.82) is 0 Å². The molecule has 1 unspecified atom stereocenters. The Balaban J connectivity index is 2.66. The third-order valence-electron chi connectivity index (χ3n) is 2.52. The molecule has 0 saturated heterocycles.